The van der Waals surface area contributed by atoms with Gasteiger partial charge in [0.15, 0.2) is 23.9 Å². The first kappa shape index (κ1) is 35.0. The van der Waals surface area contributed by atoms with Crippen molar-refractivity contribution < 1.29 is 33.1 Å². The van der Waals surface area contributed by atoms with E-state index in [9.17, 15) is 24.3 Å². The number of nitrogens with zero attached hydrogens (tertiary/aromatic N) is 2. The highest BCUT2D eigenvalue weighted by molar-refractivity contribution is 5.96. The maximum atomic E-state index is 14.9. The molecule has 10 nitrogen and oxygen atoms in total. The zero-order chi connectivity index (χ0) is 36.2. The smallest absolute Gasteiger partial charge is 0.481 e. The average molecular weight is 691 g/mol. The first-order valence-electron chi connectivity index (χ1n) is 18.7. The van der Waals surface area contributed by atoms with Crippen molar-refractivity contribution in [2.24, 2.45) is 50.2 Å². The Morgan fingerprint density at radius 3 is 2.34 bits per heavy atom. The fourth-order valence-electron chi connectivity index (χ4n) is 12.3. The van der Waals surface area contributed by atoms with E-state index >= 15 is 0 Å². The second-order valence-electron chi connectivity index (χ2n) is 18.1. The zero-order valence-corrected chi connectivity index (χ0v) is 31.0. The summed E-state index contributed by atoms with van der Waals surface area (Å²) in [4.78, 5) is 53.9. The summed E-state index contributed by atoms with van der Waals surface area (Å²) in [5.74, 6) is -1.72. The van der Waals surface area contributed by atoms with Crippen molar-refractivity contribution in [2.45, 2.75) is 132 Å². The van der Waals surface area contributed by atoms with Crippen molar-refractivity contribution in [3.8, 4) is 0 Å². The number of carboxylic acids is 1. The molecule has 7 rings (SSSR count). The summed E-state index contributed by atoms with van der Waals surface area (Å²) in [6, 6.07) is -0.292. The number of fused-ring (bicyclic) bond motifs is 7. The fraction of sp³-hybridized carbons (Fsp3) is 0.725. The number of allylic oxidation sites excluding steroid dienone is 2. The molecule has 0 unspecified atom stereocenters. The summed E-state index contributed by atoms with van der Waals surface area (Å²) < 4.78 is 18.4. The number of rotatable bonds is 6. The largest absolute Gasteiger partial charge is 0.519 e. The van der Waals surface area contributed by atoms with Crippen LogP contribution in [0.4, 0.5) is 0 Å². The SMILES string of the molecule is CCc1oc(=O)oc1COC(=O)[C@]1(C)[C@@H](n2cc(C)cn2)CC[C@@]2(C)[C@H]1CC[C@]1(C)[C@@H]2C(=O)C=C2[C@@H]3C[C@@](C)(C(=O)O)CC[C@]3(C)CC[C@]21C. The van der Waals surface area contributed by atoms with Crippen LogP contribution >= 0.6 is 0 Å². The number of aryl methyl sites for hydroxylation is 2. The number of ketones is 1. The average Bonchev–Trinajstić information content (AvgIpc) is 3.65. The molecule has 2 aromatic heterocycles. The van der Waals surface area contributed by atoms with Gasteiger partial charge < -0.3 is 18.7 Å². The maximum Gasteiger partial charge on any atom is 0.519 e. The predicted octanol–water partition coefficient (Wildman–Crippen LogP) is 7.63. The highest BCUT2D eigenvalue weighted by Gasteiger charge is 2.72. The van der Waals surface area contributed by atoms with Gasteiger partial charge in [-0.2, -0.15) is 5.10 Å². The third-order valence-electron chi connectivity index (χ3n) is 15.6. The van der Waals surface area contributed by atoms with E-state index in [1.807, 2.05) is 44.6 Å². The van der Waals surface area contributed by atoms with Crippen LogP contribution in [-0.2, 0) is 32.1 Å². The molecule has 0 amide bonds. The molecule has 5 aliphatic rings. The molecular weight excluding hydrogens is 636 g/mol. The molecule has 50 heavy (non-hydrogen) atoms. The molecule has 10 atom stereocenters. The number of hydrogen-bond acceptors (Lipinski definition) is 8. The molecule has 10 heteroatoms. The van der Waals surface area contributed by atoms with Crippen molar-refractivity contribution in [2.75, 3.05) is 0 Å². The van der Waals surface area contributed by atoms with Crippen LogP contribution in [0.25, 0.3) is 0 Å². The highest BCUT2D eigenvalue weighted by Crippen LogP contribution is 2.76. The Morgan fingerprint density at radius 2 is 1.68 bits per heavy atom. The van der Waals surface area contributed by atoms with Gasteiger partial charge in [-0.25, -0.2) is 4.79 Å². The highest BCUT2D eigenvalue weighted by atomic mass is 16.6. The van der Waals surface area contributed by atoms with Crippen LogP contribution < -0.4 is 5.82 Å². The van der Waals surface area contributed by atoms with Gasteiger partial charge in [0.2, 0.25) is 0 Å². The van der Waals surface area contributed by atoms with E-state index in [-0.39, 0.29) is 58.2 Å². The second kappa shape index (κ2) is 11.3. The number of aliphatic carboxylic acids is 1. The molecule has 4 fully saturated rings. The molecule has 2 heterocycles. The minimum Gasteiger partial charge on any atom is -0.481 e. The molecule has 0 aliphatic heterocycles. The Kier molecular flexibility index (Phi) is 7.90. The van der Waals surface area contributed by atoms with Crippen molar-refractivity contribution in [3.05, 3.63) is 51.7 Å². The van der Waals surface area contributed by atoms with Crippen LogP contribution in [0.2, 0.25) is 0 Å². The molecule has 272 valence electrons. The van der Waals surface area contributed by atoms with Gasteiger partial charge in [-0.3, -0.25) is 19.1 Å². The fourth-order valence-corrected chi connectivity index (χ4v) is 12.3. The van der Waals surface area contributed by atoms with Crippen LogP contribution in [0.15, 0.2) is 37.7 Å². The van der Waals surface area contributed by atoms with Crippen molar-refractivity contribution in [1.82, 2.24) is 9.78 Å². The van der Waals surface area contributed by atoms with E-state index in [1.54, 1.807) is 6.20 Å². The van der Waals surface area contributed by atoms with Gasteiger partial charge in [0, 0.05) is 18.5 Å². The molecule has 0 radical (unpaired) electrons. The van der Waals surface area contributed by atoms with Gasteiger partial charge in [0.05, 0.1) is 23.1 Å². The standard InChI is InChI=1S/C40H54N2O8/c1-9-27-28(50-34(47)49-27)22-48-33(46)40(8)29-10-13-39(7)31(37(29,5)12-11-30(40)42-21-23(2)20-41-42)26(43)18-24-25-19-36(4,32(44)45)15-14-35(25,3)16-17-38(24,39)6/h18,20-21,25,29-31H,9-17,19,22H2,1-8H3,(H,44,45)/t25-,29+,30-,31+,35+,36-,37-,38+,39+,40-/m0/s1. The van der Waals surface area contributed by atoms with Gasteiger partial charge >= 0.3 is 17.8 Å². The molecule has 0 bridgehead atoms. The first-order chi connectivity index (χ1) is 23.4. The topological polar surface area (TPSA) is 142 Å². The predicted molar refractivity (Wildman–Crippen MR) is 184 cm³/mol. The van der Waals surface area contributed by atoms with Crippen molar-refractivity contribution in [1.29, 1.82) is 0 Å². The zero-order valence-electron chi connectivity index (χ0n) is 31.0. The molecule has 2 aromatic rings. The van der Waals surface area contributed by atoms with Gasteiger partial charge in [-0.15, -0.1) is 0 Å². The van der Waals surface area contributed by atoms with Crippen LogP contribution in [0.3, 0.4) is 0 Å². The maximum absolute atomic E-state index is 14.9. The van der Waals surface area contributed by atoms with E-state index in [1.165, 1.54) is 5.57 Å². The number of aromatic nitrogens is 2. The van der Waals surface area contributed by atoms with E-state index < -0.39 is 34.0 Å². The second-order valence-corrected chi connectivity index (χ2v) is 18.1. The minimum absolute atomic E-state index is 0.0288. The Balaban J connectivity index is 1.29. The van der Waals surface area contributed by atoms with E-state index in [4.69, 9.17) is 13.6 Å². The third kappa shape index (κ3) is 4.67. The quantitative estimate of drug-likeness (QED) is 0.303. The Labute approximate surface area is 294 Å². The number of carbonyl (C=O) groups excluding carboxylic acids is 2. The summed E-state index contributed by atoms with van der Waals surface area (Å²) in [6.07, 6.45) is 13.1. The molecule has 0 saturated heterocycles. The Bertz CT molecular complexity index is 1830. The molecule has 0 aromatic carbocycles. The van der Waals surface area contributed by atoms with Crippen LogP contribution in [0.1, 0.15) is 129 Å². The van der Waals surface area contributed by atoms with Gasteiger partial charge in [0.25, 0.3) is 0 Å². The summed E-state index contributed by atoms with van der Waals surface area (Å²) in [5.41, 5.74) is -0.864. The first-order valence-corrected chi connectivity index (χ1v) is 18.7. The lowest BCUT2D eigenvalue weighted by Crippen LogP contribution is -2.67. The van der Waals surface area contributed by atoms with Crippen LogP contribution in [0, 0.1) is 57.2 Å². The van der Waals surface area contributed by atoms with E-state index in [0.29, 0.717) is 31.4 Å². The molecule has 1 N–H and O–H groups in total. The van der Waals surface area contributed by atoms with Gasteiger partial charge in [0.1, 0.15) is 0 Å². The lowest BCUT2D eigenvalue weighted by atomic mass is 9.33. The van der Waals surface area contributed by atoms with Crippen LogP contribution in [0.5, 0.6) is 0 Å². The summed E-state index contributed by atoms with van der Waals surface area (Å²) in [7, 11) is 0. The molecule has 5 aliphatic carbocycles. The molecule has 4 saturated carbocycles. The summed E-state index contributed by atoms with van der Waals surface area (Å²) >= 11 is 0. The third-order valence-corrected chi connectivity index (χ3v) is 15.6. The summed E-state index contributed by atoms with van der Waals surface area (Å²) in [5, 5.41) is 14.9. The van der Waals surface area contributed by atoms with E-state index in [0.717, 1.165) is 44.1 Å². The van der Waals surface area contributed by atoms with Gasteiger partial charge in [-0.1, -0.05) is 40.2 Å². The van der Waals surface area contributed by atoms with Crippen molar-refractivity contribution in [3.63, 3.8) is 0 Å². The monoisotopic (exact) mass is 690 g/mol. The number of carbonyl (C=O) groups is 3. The molecular formula is C40H54N2O8. The van der Waals surface area contributed by atoms with E-state index in [2.05, 4.69) is 32.8 Å². The Morgan fingerprint density at radius 1 is 0.980 bits per heavy atom. The molecule has 0 spiro atoms. The number of esters is 1. The summed E-state index contributed by atoms with van der Waals surface area (Å²) in [6.45, 7) is 16.7. The van der Waals surface area contributed by atoms with Gasteiger partial charge in [-0.05, 0) is 124 Å². The Hall–Kier alpha value is -3.43. The lowest BCUT2D eigenvalue weighted by molar-refractivity contribution is -0.209. The number of carboxylic acid groups (broad SMARTS) is 1. The number of ether oxygens (including phenoxy) is 1. The van der Waals surface area contributed by atoms with Crippen molar-refractivity contribution >= 4 is 17.7 Å². The minimum atomic E-state index is -1.04. The lowest BCUT2D eigenvalue weighted by Gasteiger charge is -2.70. The number of hydrogen-bond donors (Lipinski definition) is 1. The van der Waals surface area contributed by atoms with Crippen LogP contribution in [-0.4, -0.2) is 32.6 Å². The normalized spacial score (nSPS) is 42.4.